The molecule has 162 valence electrons. The van der Waals surface area contributed by atoms with Crippen molar-refractivity contribution in [2.75, 3.05) is 20.1 Å². The molecule has 30 heavy (non-hydrogen) atoms. The number of benzene rings is 1. The average Bonchev–Trinajstić information content (AvgIpc) is 2.68. The summed E-state index contributed by atoms with van der Waals surface area (Å²) in [6, 6.07) is 4.79. The van der Waals surface area contributed by atoms with Gasteiger partial charge in [-0.2, -0.15) is 18.2 Å². The van der Waals surface area contributed by atoms with E-state index in [0.29, 0.717) is 18.4 Å². The second-order valence-corrected chi connectivity index (χ2v) is 7.41. The van der Waals surface area contributed by atoms with Crippen LogP contribution in [0.3, 0.4) is 0 Å². The molecule has 1 unspecified atom stereocenters. The number of hydrogen-bond donors (Lipinski definition) is 1. The molecule has 0 bridgehead atoms. The Morgan fingerprint density at radius 3 is 2.37 bits per heavy atom. The van der Waals surface area contributed by atoms with Crippen molar-refractivity contribution < 1.29 is 22.7 Å². The number of carbonyl (C=O) groups excluding carboxylic acids is 1. The largest absolute Gasteiger partial charge is 0.461 e. The third kappa shape index (κ3) is 4.81. The van der Waals surface area contributed by atoms with E-state index in [-0.39, 0.29) is 17.8 Å². The Morgan fingerprint density at radius 1 is 1.23 bits per heavy atom. The van der Waals surface area contributed by atoms with E-state index >= 15 is 0 Å². The maximum atomic E-state index is 12.8. The average molecular weight is 424 g/mol. The van der Waals surface area contributed by atoms with Gasteiger partial charge < -0.3 is 15.4 Å². The summed E-state index contributed by atoms with van der Waals surface area (Å²) in [7, 11) is 1.99. The van der Waals surface area contributed by atoms with Gasteiger partial charge in [0, 0.05) is 19.2 Å². The SMILES string of the molecule is CC(c1ccc(C(F)(F)F)cc1)n1c(OC2CCN(C)CC2)nc(C(N)=O)cc1=O. The van der Waals surface area contributed by atoms with Crippen LogP contribution in [0.4, 0.5) is 13.2 Å². The molecule has 1 aliphatic heterocycles. The molecule has 0 aliphatic carbocycles. The maximum Gasteiger partial charge on any atom is 0.416 e. The van der Waals surface area contributed by atoms with E-state index in [0.717, 1.165) is 31.3 Å². The van der Waals surface area contributed by atoms with E-state index in [2.05, 4.69) is 9.88 Å². The van der Waals surface area contributed by atoms with Crippen LogP contribution in [-0.2, 0) is 6.18 Å². The first-order chi connectivity index (χ1) is 14.1. The van der Waals surface area contributed by atoms with E-state index in [9.17, 15) is 22.8 Å². The van der Waals surface area contributed by atoms with Crippen LogP contribution < -0.4 is 16.0 Å². The molecule has 1 aromatic carbocycles. The molecule has 0 spiro atoms. The van der Waals surface area contributed by atoms with Crippen molar-refractivity contribution in [3.8, 4) is 6.01 Å². The number of carbonyl (C=O) groups is 1. The third-order valence-corrected chi connectivity index (χ3v) is 5.22. The standard InChI is InChI=1S/C20H23F3N4O3/c1-12(13-3-5-14(6-4-13)20(21,22)23)27-17(28)11-16(18(24)29)25-19(27)30-15-7-9-26(2)10-8-15/h3-6,11-12,15H,7-10H2,1-2H3,(H2,24,29). The van der Waals surface area contributed by atoms with Crippen molar-refractivity contribution in [1.82, 2.24) is 14.5 Å². The highest BCUT2D eigenvalue weighted by Gasteiger charge is 2.30. The van der Waals surface area contributed by atoms with Crippen molar-refractivity contribution in [3.05, 3.63) is 57.5 Å². The van der Waals surface area contributed by atoms with Gasteiger partial charge in [0.25, 0.3) is 11.5 Å². The van der Waals surface area contributed by atoms with Gasteiger partial charge >= 0.3 is 12.2 Å². The van der Waals surface area contributed by atoms with Crippen LogP contribution in [0, 0.1) is 0 Å². The van der Waals surface area contributed by atoms with E-state index in [1.807, 2.05) is 7.05 Å². The summed E-state index contributed by atoms with van der Waals surface area (Å²) in [6.45, 7) is 3.26. The zero-order valence-corrected chi connectivity index (χ0v) is 16.6. The van der Waals surface area contributed by atoms with Crippen LogP contribution in [0.25, 0.3) is 0 Å². The lowest BCUT2D eigenvalue weighted by Crippen LogP contribution is -2.38. The molecule has 1 aromatic heterocycles. The van der Waals surface area contributed by atoms with Gasteiger partial charge in [0.15, 0.2) is 0 Å². The lowest BCUT2D eigenvalue weighted by atomic mass is 10.1. The molecule has 7 nitrogen and oxygen atoms in total. The Hall–Kier alpha value is -2.88. The second kappa shape index (κ2) is 8.47. The van der Waals surface area contributed by atoms with Gasteiger partial charge in [-0.1, -0.05) is 12.1 Å². The predicted molar refractivity (Wildman–Crippen MR) is 103 cm³/mol. The maximum absolute atomic E-state index is 12.8. The van der Waals surface area contributed by atoms with Crippen LogP contribution in [0.2, 0.25) is 0 Å². The number of amides is 1. The molecule has 1 fully saturated rings. The topological polar surface area (TPSA) is 90.4 Å². The molecule has 2 N–H and O–H groups in total. The van der Waals surface area contributed by atoms with Crippen molar-refractivity contribution >= 4 is 5.91 Å². The van der Waals surface area contributed by atoms with Crippen LogP contribution in [0.1, 0.15) is 47.4 Å². The number of rotatable bonds is 5. The van der Waals surface area contributed by atoms with Gasteiger partial charge in [0.1, 0.15) is 11.8 Å². The van der Waals surface area contributed by atoms with Crippen molar-refractivity contribution in [2.45, 2.75) is 38.1 Å². The number of piperidine rings is 1. The Labute approximate surface area is 171 Å². The van der Waals surface area contributed by atoms with Crippen LogP contribution in [0.5, 0.6) is 6.01 Å². The number of halogens is 3. The van der Waals surface area contributed by atoms with E-state index in [1.165, 1.54) is 16.7 Å². The van der Waals surface area contributed by atoms with Gasteiger partial charge in [0.2, 0.25) is 0 Å². The normalized spacial score (nSPS) is 17.0. The number of nitrogens with zero attached hydrogens (tertiary/aromatic N) is 3. The monoisotopic (exact) mass is 424 g/mol. The number of hydrogen-bond acceptors (Lipinski definition) is 5. The van der Waals surface area contributed by atoms with Gasteiger partial charge in [-0.15, -0.1) is 0 Å². The fraction of sp³-hybridized carbons (Fsp3) is 0.450. The lowest BCUT2D eigenvalue weighted by Gasteiger charge is -2.30. The zero-order valence-electron chi connectivity index (χ0n) is 16.6. The Morgan fingerprint density at radius 2 is 1.83 bits per heavy atom. The first-order valence-corrected chi connectivity index (χ1v) is 9.52. The number of primary amides is 1. The summed E-state index contributed by atoms with van der Waals surface area (Å²) in [4.78, 5) is 30.6. The fourth-order valence-corrected chi connectivity index (χ4v) is 3.39. The van der Waals surface area contributed by atoms with Gasteiger partial charge in [-0.05, 0) is 44.5 Å². The molecule has 1 saturated heterocycles. The van der Waals surface area contributed by atoms with Gasteiger partial charge in [-0.3, -0.25) is 14.2 Å². The first-order valence-electron chi connectivity index (χ1n) is 9.52. The number of nitrogens with two attached hydrogens (primary N) is 1. The Bertz CT molecular complexity index is 965. The van der Waals surface area contributed by atoms with Crippen LogP contribution in [-0.4, -0.2) is 46.6 Å². The molecule has 1 atom stereocenters. The molecular weight excluding hydrogens is 401 g/mol. The van der Waals surface area contributed by atoms with Crippen LogP contribution >= 0.6 is 0 Å². The minimum atomic E-state index is -4.45. The quantitative estimate of drug-likeness (QED) is 0.796. The first kappa shape index (κ1) is 21.8. The number of alkyl halides is 3. The summed E-state index contributed by atoms with van der Waals surface area (Å²) in [5, 5.41) is 0. The summed E-state index contributed by atoms with van der Waals surface area (Å²) in [5.74, 6) is -0.866. The lowest BCUT2D eigenvalue weighted by molar-refractivity contribution is -0.137. The number of likely N-dealkylation sites (tertiary alicyclic amines) is 1. The predicted octanol–water partition coefficient (Wildman–Crippen LogP) is 2.44. The molecule has 0 saturated carbocycles. The molecule has 1 aliphatic rings. The van der Waals surface area contributed by atoms with E-state index in [4.69, 9.17) is 10.5 Å². The highest BCUT2D eigenvalue weighted by molar-refractivity contribution is 5.90. The summed E-state index contributed by atoms with van der Waals surface area (Å²) >= 11 is 0. The van der Waals surface area contributed by atoms with Gasteiger partial charge in [0.05, 0.1) is 11.6 Å². The van der Waals surface area contributed by atoms with Crippen LogP contribution in [0.15, 0.2) is 35.1 Å². The number of ether oxygens (including phenoxy) is 1. The molecular formula is C20H23F3N4O3. The Balaban J connectivity index is 1.97. The minimum absolute atomic E-state index is 0.0711. The van der Waals surface area contributed by atoms with Crippen molar-refractivity contribution in [2.24, 2.45) is 5.73 Å². The highest BCUT2D eigenvalue weighted by Crippen LogP contribution is 2.31. The number of aromatic nitrogens is 2. The minimum Gasteiger partial charge on any atom is -0.461 e. The second-order valence-electron chi connectivity index (χ2n) is 7.41. The summed E-state index contributed by atoms with van der Waals surface area (Å²) in [6.07, 6.45) is -3.24. The molecule has 10 heteroatoms. The third-order valence-electron chi connectivity index (χ3n) is 5.22. The fourth-order valence-electron chi connectivity index (χ4n) is 3.39. The molecule has 2 aromatic rings. The van der Waals surface area contributed by atoms with Gasteiger partial charge in [-0.25, -0.2) is 0 Å². The smallest absolute Gasteiger partial charge is 0.416 e. The molecule has 0 radical (unpaired) electrons. The Kier molecular flexibility index (Phi) is 6.16. The molecule has 1 amide bonds. The van der Waals surface area contributed by atoms with Crippen molar-refractivity contribution in [3.63, 3.8) is 0 Å². The zero-order chi connectivity index (χ0) is 22.1. The van der Waals surface area contributed by atoms with Crippen molar-refractivity contribution in [1.29, 1.82) is 0 Å². The highest BCUT2D eigenvalue weighted by atomic mass is 19.4. The van der Waals surface area contributed by atoms with E-state index < -0.39 is 29.2 Å². The summed E-state index contributed by atoms with van der Waals surface area (Å²) < 4.78 is 45.7. The molecule has 3 rings (SSSR count). The summed E-state index contributed by atoms with van der Waals surface area (Å²) in [5.41, 5.74) is 4.16. The van der Waals surface area contributed by atoms with E-state index in [1.54, 1.807) is 6.92 Å². The molecule has 2 heterocycles.